The molecular weight excluding hydrogens is 427 g/mol. The lowest BCUT2D eigenvalue weighted by molar-refractivity contribution is 0.0778. The van der Waals surface area contributed by atoms with Crippen LogP contribution in [-0.2, 0) is 4.74 Å². The molecule has 2 saturated carbocycles. The summed E-state index contributed by atoms with van der Waals surface area (Å²) in [6.07, 6.45) is 7.80. The standard InChI is InChI=1S/C19H38N4O.HI/c1-5-20-18(21-12-13-23(16(2)3)17-7-8-17)22-15-19(9-6-10-19)11-14-24-4;/h16-17H,5-15H2,1-4H3,(H2,20,21,22);1H. The Morgan fingerprint density at radius 2 is 2.00 bits per heavy atom. The van der Waals surface area contributed by atoms with Crippen LogP contribution in [0.25, 0.3) is 0 Å². The zero-order valence-electron chi connectivity index (χ0n) is 16.6. The fourth-order valence-electron chi connectivity index (χ4n) is 3.64. The van der Waals surface area contributed by atoms with Gasteiger partial charge in [-0.15, -0.1) is 24.0 Å². The predicted molar refractivity (Wildman–Crippen MR) is 117 cm³/mol. The normalized spacial score (nSPS) is 19.5. The maximum atomic E-state index is 5.28. The summed E-state index contributed by atoms with van der Waals surface area (Å²) >= 11 is 0. The molecule has 0 saturated heterocycles. The first kappa shape index (κ1) is 23.0. The average molecular weight is 466 g/mol. The van der Waals surface area contributed by atoms with Crippen molar-refractivity contribution in [2.24, 2.45) is 10.4 Å². The van der Waals surface area contributed by atoms with Gasteiger partial charge < -0.3 is 15.4 Å². The fourth-order valence-corrected chi connectivity index (χ4v) is 3.64. The zero-order chi connectivity index (χ0) is 17.4. The first-order valence-corrected chi connectivity index (χ1v) is 9.87. The van der Waals surface area contributed by atoms with Crippen LogP contribution in [0.4, 0.5) is 0 Å². The molecule has 0 amide bonds. The van der Waals surface area contributed by atoms with E-state index in [1.165, 1.54) is 32.1 Å². The van der Waals surface area contributed by atoms with E-state index in [0.29, 0.717) is 11.5 Å². The van der Waals surface area contributed by atoms with Crippen molar-refractivity contribution in [3.63, 3.8) is 0 Å². The van der Waals surface area contributed by atoms with E-state index in [-0.39, 0.29) is 24.0 Å². The Kier molecular flexibility index (Phi) is 10.6. The topological polar surface area (TPSA) is 48.9 Å². The highest BCUT2D eigenvalue weighted by atomic mass is 127. The molecule has 0 aromatic rings. The summed E-state index contributed by atoms with van der Waals surface area (Å²) in [7, 11) is 1.79. The van der Waals surface area contributed by atoms with Crippen molar-refractivity contribution in [1.82, 2.24) is 15.5 Å². The molecule has 0 spiro atoms. The van der Waals surface area contributed by atoms with Gasteiger partial charge in [0.15, 0.2) is 5.96 Å². The number of rotatable bonds is 11. The SMILES string of the molecule is CCNC(=NCC1(CCOC)CCC1)NCCN(C(C)C)C1CC1.I. The molecule has 148 valence electrons. The van der Waals surface area contributed by atoms with Crippen LogP contribution < -0.4 is 10.6 Å². The first-order valence-electron chi connectivity index (χ1n) is 9.87. The molecule has 0 aromatic carbocycles. The highest BCUT2D eigenvalue weighted by Crippen LogP contribution is 2.44. The summed E-state index contributed by atoms with van der Waals surface area (Å²) in [5.74, 6) is 0.973. The van der Waals surface area contributed by atoms with Crippen LogP contribution in [0.3, 0.4) is 0 Å². The molecule has 0 heterocycles. The van der Waals surface area contributed by atoms with E-state index in [4.69, 9.17) is 9.73 Å². The van der Waals surface area contributed by atoms with E-state index in [9.17, 15) is 0 Å². The molecule has 5 nitrogen and oxygen atoms in total. The van der Waals surface area contributed by atoms with Gasteiger partial charge in [0.1, 0.15) is 0 Å². The maximum Gasteiger partial charge on any atom is 0.191 e. The number of halogens is 1. The molecule has 0 atom stereocenters. The van der Waals surface area contributed by atoms with Gasteiger partial charge in [-0.05, 0) is 58.3 Å². The number of nitrogens with zero attached hydrogens (tertiary/aromatic N) is 2. The molecule has 2 aliphatic carbocycles. The van der Waals surface area contributed by atoms with Gasteiger partial charge in [0.25, 0.3) is 0 Å². The number of guanidine groups is 1. The maximum absolute atomic E-state index is 5.28. The van der Waals surface area contributed by atoms with Crippen LogP contribution in [0.5, 0.6) is 0 Å². The highest BCUT2D eigenvalue weighted by Gasteiger charge is 2.36. The van der Waals surface area contributed by atoms with E-state index in [0.717, 1.165) is 51.2 Å². The summed E-state index contributed by atoms with van der Waals surface area (Å²) in [6.45, 7) is 11.5. The molecule has 2 rings (SSSR count). The molecule has 0 bridgehead atoms. The number of aliphatic imine (C=N–C) groups is 1. The van der Waals surface area contributed by atoms with Crippen LogP contribution in [0.15, 0.2) is 4.99 Å². The molecule has 0 radical (unpaired) electrons. The molecule has 2 fully saturated rings. The van der Waals surface area contributed by atoms with Crippen molar-refractivity contribution in [3.8, 4) is 0 Å². The largest absolute Gasteiger partial charge is 0.385 e. The van der Waals surface area contributed by atoms with E-state index >= 15 is 0 Å². The Morgan fingerprint density at radius 3 is 2.48 bits per heavy atom. The number of ether oxygens (including phenoxy) is 1. The number of hydrogen-bond donors (Lipinski definition) is 2. The minimum Gasteiger partial charge on any atom is -0.385 e. The molecule has 0 aromatic heterocycles. The van der Waals surface area contributed by atoms with Gasteiger partial charge >= 0.3 is 0 Å². The third-order valence-corrected chi connectivity index (χ3v) is 5.51. The summed E-state index contributed by atoms with van der Waals surface area (Å²) < 4.78 is 5.28. The molecular formula is C19H39IN4O. The summed E-state index contributed by atoms with van der Waals surface area (Å²) in [5.41, 5.74) is 0.385. The van der Waals surface area contributed by atoms with Crippen LogP contribution in [0.1, 0.15) is 59.3 Å². The minimum absolute atomic E-state index is 0. The second-order valence-corrected chi connectivity index (χ2v) is 7.78. The molecule has 25 heavy (non-hydrogen) atoms. The second-order valence-electron chi connectivity index (χ2n) is 7.78. The van der Waals surface area contributed by atoms with Crippen molar-refractivity contribution in [2.75, 3.05) is 39.9 Å². The molecule has 0 aliphatic heterocycles. The highest BCUT2D eigenvalue weighted by molar-refractivity contribution is 14.0. The third-order valence-electron chi connectivity index (χ3n) is 5.51. The van der Waals surface area contributed by atoms with Gasteiger partial charge in [0.2, 0.25) is 0 Å². The van der Waals surface area contributed by atoms with Crippen LogP contribution in [0.2, 0.25) is 0 Å². The summed E-state index contributed by atoms with van der Waals surface area (Å²) in [6, 6.07) is 1.45. The van der Waals surface area contributed by atoms with Gasteiger partial charge in [0.05, 0.1) is 0 Å². The van der Waals surface area contributed by atoms with Gasteiger partial charge in [-0.1, -0.05) is 6.42 Å². The smallest absolute Gasteiger partial charge is 0.191 e. The van der Waals surface area contributed by atoms with E-state index in [2.05, 4.69) is 36.3 Å². The monoisotopic (exact) mass is 466 g/mol. The van der Waals surface area contributed by atoms with Crippen molar-refractivity contribution in [3.05, 3.63) is 0 Å². The van der Waals surface area contributed by atoms with Crippen LogP contribution >= 0.6 is 24.0 Å². The van der Waals surface area contributed by atoms with Crippen molar-refractivity contribution >= 4 is 29.9 Å². The van der Waals surface area contributed by atoms with Gasteiger partial charge in [-0.3, -0.25) is 9.89 Å². The van der Waals surface area contributed by atoms with Gasteiger partial charge in [-0.2, -0.15) is 0 Å². The predicted octanol–water partition coefficient (Wildman–Crippen LogP) is 3.24. The van der Waals surface area contributed by atoms with Crippen molar-refractivity contribution in [2.45, 2.75) is 71.4 Å². The molecule has 0 unspecified atom stereocenters. The summed E-state index contributed by atoms with van der Waals surface area (Å²) in [4.78, 5) is 7.50. The van der Waals surface area contributed by atoms with Crippen LogP contribution in [0, 0.1) is 5.41 Å². The Hall–Kier alpha value is -0.0800. The Morgan fingerprint density at radius 1 is 1.28 bits per heavy atom. The van der Waals surface area contributed by atoms with Crippen LogP contribution in [-0.4, -0.2) is 62.8 Å². The van der Waals surface area contributed by atoms with Crippen molar-refractivity contribution in [1.29, 1.82) is 0 Å². The number of nitrogens with one attached hydrogen (secondary N) is 2. The molecule has 2 N–H and O–H groups in total. The third kappa shape index (κ3) is 7.59. The quantitative estimate of drug-likeness (QED) is 0.279. The zero-order valence-corrected chi connectivity index (χ0v) is 19.0. The number of methoxy groups -OCH3 is 1. The lowest BCUT2D eigenvalue weighted by atomic mass is 9.67. The Bertz CT molecular complexity index is 393. The fraction of sp³-hybridized carbons (Fsp3) is 0.947. The minimum atomic E-state index is 0. The average Bonchev–Trinajstić information content (AvgIpc) is 3.34. The van der Waals surface area contributed by atoms with E-state index in [1.54, 1.807) is 7.11 Å². The number of hydrogen-bond acceptors (Lipinski definition) is 3. The Labute approximate surface area is 171 Å². The first-order chi connectivity index (χ1) is 11.6. The Balaban J connectivity index is 0.00000312. The van der Waals surface area contributed by atoms with E-state index < -0.39 is 0 Å². The molecule has 6 heteroatoms. The van der Waals surface area contributed by atoms with Crippen molar-refractivity contribution < 1.29 is 4.74 Å². The van der Waals surface area contributed by atoms with E-state index in [1.807, 2.05) is 0 Å². The van der Waals surface area contributed by atoms with Gasteiger partial charge in [-0.25, -0.2) is 0 Å². The molecule has 2 aliphatic rings. The van der Waals surface area contributed by atoms with Gasteiger partial charge in [0, 0.05) is 52.0 Å². The summed E-state index contributed by atoms with van der Waals surface area (Å²) in [5, 5.41) is 6.93. The second kappa shape index (κ2) is 11.6. The lowest BCUT2D eigenvalue weighted by Crippen LogP contribution is -2.44. The lowest BCUT2D eigenvalue weighted by Gasteiger charge is -2.40.